The molecule has 0 radical (unpaired) electrons. The molecule has 2 amide bonds. The number of thiazole rings is 1. The molecule has 5 aromatic rings. The Bertz CT molecular complexity index is 1660. The van der Waals surface area contributed by atoms with Gasteiger partial charge in [0.15, 0.2) is 5.82 Å². The van der Waals surface area contributed by atoms with Gasteiger partial charge in [-0.3, -0.25) is 9.59 Å². The Hall–Kier alpha value is -4.37. The van der Waals surface area contributed by atoms with Crippen LogP contribution in [0.25, 0.3) is 21.5 Å². The van der Waals surface area contributed by atoms with Crippen molar-refractivity contribution in [3.05, 3.63) is 107 Å². The minimum atomic E-state index is -0.395. The highest BCUT2D eigenvalue weighted by molar-refractivity contribution is 7.15. The van der Waals surface area contributed by atoms with Crippen LogP contribution < -0.4 is 5.32 Å². The topological polar surface area (TPSA) is 80.1 Å². The van der Waals surface area contributed by atoms with Crippen molar-refractivity contribution >= 4 is 34.2 Å². The van der Waals surface area contributed by atoms with E-state index in [0.29, 0.717) is 40.7 Å². The lowest BCUT2D eigenvalue weighted by Gasteiger charge is -2.28. The standard InChI is InChI=1S/C31H30FN5O2S/c1-20-34-27(28(40-20)23-13-7-8-14-24(23)32)31(39)36(2)22(19-21-11-5-4-6-12-21)17-18-33-30(38)29-35-25-15-9-10-16-26(25)37(29)3/h4-16,22H,17-19H2,1-3H3,(H,33,38). The first-order valence-electron chi connectivity index (χ1n) is 13.1. The van der Waals surface area contributed by atoms with Crippen molar-refractivity contribution in [3.8, 4) is 10.4 Å². The molecular formula is C31H30FN5O2S. The van der Waals surface area contributed by atoms with E-state index in [9.17, 15) is 14.0 Å². The Morgan fingerprint density at radius 1 is 1.00 bits per heavy atom. The summed E-state index contributed by atoms with van der Waals surface area (Å²) in [5.41, 5.74) is 3.30. The number of hydrogen-bond acceptors (Lipinski definition) is 5. The van der Waals surface area contributed by atoms with Crippen LogP contribution in [0.5, 0.6) is 0 Å². The molecule has 204 valence electrons. The molecule has 2 aromatic heterocycles. The minimum absolute atomic E-state index is 0.233. The second-order valence-electron chi connectivity index (χ2n) is 9.68. The summed E-state index contributed by atoms with van der Waals surface area (Å²) >= 11 is 1.30. The fourth-order valence-corrected chi connectivity index (χ4v) is 5.77. The molecule has 0 fully saturated rings. The number of amides is 2. The summed E-state index contributed by atoms with van der Waals surface area (Å²) in [6.45, 7) is 2.15. The highest BCUT2D eigenvalue weighted by Gasteiger charge is 2.28. The van der Waals surface area contributed by atoms with Crippen molar-refractivity contribution in [2.24, 2.45) is 7.05 Å². The summed E-state index contributed by atoms with van der Waals surface area (Å²) in [5, 5.41) is 3.66. The quantitative estimate of drug-likeness (QED) is 0.255. The van der Waals surface area contributed by atoms with E-state index >= 15 is 0 Å². The molecule has 1 unspecified atom stereocenters. The monoisotopic (exact) mass is 555 g/mol. The summed E-state index contributed by atoms with van der Waals surface area (Å²) in [4.78, 5) is 38.0. The number of carbonyl (C=O) groups is 2. The van der Waals surface area contributed by atoms with Crippen LogP contribution in [-0.4, -0.2) is 50.9 Å². The SMILES string of the molecule is Cc1nc(C(=O)N(C)C(CCNC(=O)c2nc3ccccc3n2C)Cc2ccccc2)c(-c2ccccc2F)s1. The van der Waals surface area contributed by atoms with E-state index < -0.39 is 5.82 Å². The molecule has 2 heterocycles. The zero-order valence-corrected chi connectivity index (χ0v) is 23.4. The maximum atomic E-state index is 14.7. The number of rotatable bonds is 9. The summed E-state index contributed by atoms with van der Waals surface area (Å²) < 4.78 is 16.4. The number of aromatic nitrogens is 3. The van der Waals surface area contributed by atoms with E-state index in [1.165, 1.54) is 17.4 Å². The van der Waals surface area contributed by atoms with E-state index in [2.05, 4.69) is 15.3 Å². The molecule has 0 bridgehead atoms. The van der Waals surface area contributed by atoms with Gasteiger partial charge >= 0.3 is 0 Å². The third-order valence-electron chi connectivity index (χ3n) is 6.99. The normalized spacial score (nSPS) is 11.9. The molecule has 0 saturated heterocycles. The van der Waals surface area contributed by atoms with Gasteiger partial charge in [0.2, 0.25) is 0 Å². The number of benzene rings is 3. The molecule has 0 spiro atoms. The van der Waals surface area contributed by atoms with Crippen LogP contribution in [0.2, 0.25) is 0 Å². The Morgan fingerprint density at radius 3 is 2.45 bits per heavy atom. The lowest BCUT2D eigenvalue weighted by molar-refractivity contribution is 0.0718. The zero-order valence-electron chi connectivity index (χ0n) is 22.6. The van der Waals surface area contributed by atoms with Crippen LogP contribution in [0.1, 0.15) is 38.1 Å². The number of para-hydroxylation sites is 2. The van der Waals surface area contributed by atoms with Gasteiger partial charge in [0.1, 0.15) is 11.5 Å². The molecular weight excluding hydrogens is 525 g/mol. The molecule has 40 heavy (non-hydrogen) atoms. The van der Waals surface area contributed by atoms with Crippen molar-refractivity contribution in [1.82, 2.24) is 24.8 Å². The van der Waals surface area contributed by atoms with Gasteiger partial charge < -0.3 is 14.8 Å². The van der Waals surface area contributed by atoms with Gasteiger partial charge in [0.25, 0.3) is 11.8 Å². The van der Waals surface area contributed by atoms with E-state index in [0.717, 1.165) is 16.6 Å². The smallest absolute Gasteiger partial charge is 0.287 e. The number of fused-ring (bicyclic) bond motifs is 1. The number of likely N-dealkylation sites (N-methyl/N-ethyl adjacent to an activating group) is 1. The molecule has 1 N–H and O–H groups in total. The average molecular weight is 556 g/mol. The second-order valence-corrected chi connectivity index (χ2v) is 10.9. The van der Waals surface area contributed by atoms with Gasteiger partial charge in [0, 0.05) is 32.2 Å². The first kappa shape index (κ1) is 27.2. The Kier molecular flexibility index (Phi) is 8.02. The Morgan fingerprint density at radius 2 is 1.70 bits per heavy atom. The number of halogens is 1. The summed E-state index contributed by atoms with van der Waals surface area (Å²) in [6, 6.07) is 23.7. The molecule has 7 nitrogen and oxygen atoms in total. The molecule has 0 aliphatic heterocycles. The van der Waals surface area contributed by atoms with Gasteiger partial charge in [-0.25, -0.2) is 14.4 Å². The second kappa shape index (κ2) is 11.8. The van der Waals surface area contributed by atoms with Crippen LogP contribution in [0, 0.1) is 12.7 Å². The van der Waals surface area contributed by atoms with Crippen LogP contribution >= 0.6 is 11.3 Å². The fourth-order valence-electron chi connectivity index (χ4n) is 4.83. The average Bonchev–Trinajstić information content (AvgIpc) is 3.52. The fraction of sp³-hybridized carbons (Fsp3) is 0.226. The van der Waals surface area contributed by atoms with Crippen molar-refractivity contribution in [3.63, 3.8) is 0 Å². The van der Waals surface area contributed by atoms with Gasteiger partial charge in [-0.1, -0.05) is 60.7 Å². The van der Waals surface area contributed by atoms with Gasteiger partial charge in [-0.2, -0.15) is 0 Å². The van der Waals surface area contributed by atoms with Crippen LogP contribution in [0.4, 0.5) is 4.39 Å². The van der Waals surface area contributed by atoms with Crippen LogP contribution in [0.15, 0.2) is 78.9 Å². The van der Waals surface area contributed by atoms with Crippen molar-refractivity contribution in [2.45, 2.75) is 25.8 Å². The zero-order chi connectivity index (χ0) is 28.2. The minimum Gasteiger partial charge on any atom is -0.349 e. The Balaban J connectivity index is 1.36. The summed E-state index contributed by atoms with van der Waals surface area (Å²) in [5.74, 6) is -0.626. The number of aryl methyl sites for hydroxylation is 2. The molecule has 3 aromatic carbocycles. The van der Waals surface area contributed by atoms with Crippen LogP contribution in [0.3, 0.4) is 0 Å². The molecule has 5 rings (SSSR count). The number of imidazole rings is 1. The third kappa shape index (κ3) is 5.65. The highest BCUT2D eigenvalue weighted by Crippen LogP contribution is 2.33. The van der Waals surface area contributed by atoms with E-state index in [1.807, 2.05) is 68.6 Å². The van der Waals surface area contributed by atoms with Gasteiger partial charge in [-0.05, 0) is 43.5 Å². The Labute approximate surface area is 236 Å². The van der Waals surface area contributed by atoms with Crippen molar-refractivity contribution in [2.75, 3.05) is 13.6 Å². The van der Waals surface area contributed by atoms with E-state index in [4.69, 9.17) is 0 Å². The van der Waals surface area contributed by atoms with E-state index in [-0.39, 0.29) is 23.6 Å². The molecule has 9 heteroatoms. The number of nitrogens with zero attached hydrogens (tertiary/aromatic N) is 4. The van der Waals surface area contributed by atoms with Crippen molar-refractivity contribution in [1.29, 1.82) is 0 Å². The van der Waals surface area contributed by atoms with E-state index in [1.54, 1.807) is 34.7 Å². The summed E-state index contributed by atoms with van der Waals surface area (Å²) in [7, 11) is 3.56. The summed E-state index contributed by atoms with van der Waals surface area (Å²) in [6.07, 6.45) is 1.09. The molecule has 0 aliphatic carbocycles. The predicted molar refractivity (Wildman–Crippen MR) is 156 cm³/mol. The maximum Gasteiger partial charge on any atom is 0.287 e. The third-order valence-corrected chi connectivity index (χ3v) is 7.99. The lowest BCUT2D eigenvalue weighted by atomic mass is 10.0. The van der Waals surface area contributed by atoms with Gasteiger partial charge in [-0.15, -0.1) is 11.3 Å². The molecule has 0 saturated carbocycles. The number of carbonyl (C=O) groups excluding carboxylic acids is 2. The molecule has 1 atom stereocenters. The number of nitrogens with one attached hydrogen (secondary N) is 1. The van der Waals surface area contributed by atoms with Gasteiger partial charge in [0.05, 0.1) is 20.9 Å². The largest absolute Gasteiger partial charge is 0.349 e. The van der Waals surface area contributed by atoms with Crippen molar-refractivity contribution < 1.29 is 14.0 Å². The lowest BCUT2D eigenvalue weighted by Crippen LogP contribution is -2.41. The first-order valence-corrected chi connectivity index (χ1v) is 13.9. The maximum absolute atomic E-state index is 14.7. The predicted octanol–water partition coefficient (Wildman–Crippen LogP) is 5.65. The first-order chi connectivity index (χ1) is 19.3. The highest BCUT2D eigenvalue weighted by atomic mass is 32.1. The molecule has 0 aliphatic rings. The van der Waals surface area contributed by atoms with Crippen LogP contribution in [-0.2, 0) is 13.5 Å². The number of hydrogen-bond donors (Lipinski definition) is 1.